The van der Waals surface area contributed by atoms with Crippen molar-refractivity contribution in [3.63, 3.8) is 0 Å². The van der Waals surface area contributed by atoms with Crippen LogP contribution in [0.15, 0.2) is 0 Å². The predicted molar refractivity (Wildman–Crippen MR) is 60.0 cm³/mol. The Bertz CT molecular complexity index is 304. The lowest BCUT2D eigenvalue weighted by molar-refractivity contribution is 0.693. The van der Waals surface area contributed by atoms with Crippen LogP contribution in [0.25, 0.3) is 0 Å². The molecule has 1 aromatic rings. The van der Waals surface area contributed by atoms with Crippen LogP contribution in [0.4, 0.5) is 5.95 Å². The molecule has 14 heavy (non-hydrogen) atoms. The molecule has 4 nitrogen and oxygen atoms in total. The van der Waals surface area contributed by atoms with Gasteiger partial charge in [0.2, 0.25) is 5.95 Å². The molecule has 0 amide bonds. The standard InChI is InChI=1S/C9H16N4S/c1-3-13-8(2)10-11-9(13)12-4-6-14-7-5-12/h3-7H2,1-2H3. The molecule has 0 N–H and O–H groups in total. The minimum absolute atomic E-state index is 0.956. The Balaban J connectivity index is 2.21. The van der Waals surface area contributed by atoms with Crippen LogP contribution in [-0.2, 0) is 6.54 Å². The summed E-state index contributed by atoms with van der Waals surface area (Å²) in [5.74, 6) is 4.47. The van der Waals surface area contributed by atoms with Crippen molar-refractivity contribution in [2.75, 3.05) is 29.5 Å². The zero-order valence-corrected chi connectivity index (χ0v) is 9.55. The van der Waals surface area contributed by atoms with Gasteiger partial charge in [0.1, 0.15) is 5.82 Å². The van der Waals surface area contributed by atoms with Crippen LogP contribution in [-0.4, -0.2) is 39.4 Å². The van der Waals surface area contributed by atoms with Gasteiger partial charge in [-0.2, -0.15) is 11.8 Å². The second-order valence-electron chi connectivity index (χ2n) is 3.39. The van der Waals surface area contributed by atoms with Gasteiger partial charge in [0.05, 0.1) is 0 Å². The highest BCUT2D eigenvalue weighted by Gasteiger charge is 2.17. The first-order valence-corrected chi connectivity index (χ1v) is 6.21. The predicted octanol–water partition coefficient (Wildman–Crippen LogP) is 1.16. The lowest BCUT2D eigenvalue weighted by atomic mass is 10.5. The van der Waals surface area contributed by atoms with Gasteiger partial charge in [-0.05, 0) is 13.8 Å². The molecule has 78 valence electrons. The van der Waals surface area contributed by atoms with E-state index in [4.69, 9.17) is 0 Å². The average Bonchev–Trinajstić information content (AvgIpc) is 2.61. The molecule has 1 aliphatic heterocycles. The van der Waals surface area contributed by atoms with Crippen molar-refractivity contribution >= 4 is 17.7 Å². The lowest BCUT2D eigenvalue weighted by Gasteiger charge is -2.27. The number of hydrogen-bond acceptors (Lipinski definition) is 4. The van der Waals surface area contributed by atoms with Gasteiger partial charge in [0.15, 0.2) is 0 Å². The molecule has 0 aliphatic carbocycles. The van der Waals surface area contributed by atoms with E-state index in [0.29, 0.717) is 0 Å². The fourth-order valence-electron chi connectivity index (χ4n) is 1.74. The first-order valence-electron chi connectivity index (χ1n) is 5.05. The highest BCUT2D eigenvalue weighted by molar-refractivity contribution is 7.99. The van der Waals surface area contributed by atoms with Crippen LogP contribution in [0.2, 0.25) is 0 Å². The molecule has 0 spiro atoms. The second kappa shape index (κ2) is 4.21. The molecule has 0 bridgehead atoms. The number of rotatable bonds is 2. The van der Waals surface area contributed by atoms with E-state index in [1.54, 1.807) is 0 Å². The molecule has 5 heteroatoms. The molecular weight excluding hydrogens is 196 g/mol. The summed E-state index contributed by atoms with van der Waals surface area (Å²) in [5.41, 5.74) is 0. The van der Waals surface area contributed by atoms with E-state index in [0.717, 1.165) is 31.4 Å². The molecule has 0 atom stereocenters. The summed E-state index contributed by atoms with van der Waals surface area (Å²) in [5, 5.41) is 8.37. The largest absolute Gasteiger partial charge is 0.339 e. The van der Waals surface area contributed by atoms with E-state index in [1.165, 1.54) is 11.5 Å². The number of nitrogens with zero attached hydrogens (tertiary/aromatic N) is 4. The summed E-state index contributed by atoms with van der Waals surface area (Å²) < 4.78 is 2.18. The number of anilines is 1. The van der Waals surface area contributed by atoms with E-state index in [2.05, 4.69) is 26.6 Å². The number of thioether (sulfide) groups is 1. The maximum Gasteiger partial charge on any atom is 0.227 e. The van der Waals surface area contributed by atoms with Crippen molar-refractivity contribution in [3.05, 3.63) is 5.82 Å². The molecule has 1 saturated heterocycles. The summed E-state index contributed by atoms with van der Waals surface area (Å²) >= 11 is 2.01. The molecule has 0 saturated carbocycles. The Morgan fingerprint density at radius 1 is 1.29 bits per heavy atom. The molecule has 1 fully saturated rings. The van der Waals surface area contributed by atoms with E-state index >= 15 is 0 Å². The monoisotopic (exact) mass is 212 g/mol. The van der Waals surface area contributed by atoms with Gasteiger partial charge >= 0.3 is 0 Å². The summed E-state index contributed by atoms with van der Waals surface area (Å²) in [6.07, 6.45) is 0. The normalized spacial score (nSPS) is 17.4. The average molecular weight is 212 g/mol. The molecular formula is C9H16N4S. The Kier molecular flexibility index (Phi) is 2.96. The van der Waals surface area contributed by atoms with E-state index < -0.39 is 0 Å². The van der Waals surface area contributed by atoms with Crippen LogP contribution >= 0.6 is 11.8 Å². The summed E-state index contributed by atoms with van der Waals surface area (Å²) in [4.78, 5) is 2.33. The number of aromatic nitrogens is 3. The molecule has 1 aromatic heterocycles. The number of hydrogen-bond donors (Lipinski definition) is 0. The fourth-order valence-corrected chi connectivity index (χ4v) is 2.64. The number of aryl methyl sites for hydroxylation is 1. The topological polar surface area (TPSA) is 34.0 Å². The Morgan fingerprint density at radius 3 is 2.64 bits per heavy atom. The third-order valence-electron chi connectivity index (χ3n) is 2.53. The Labute approximate surface area is 88.7 Å². The minimum atomic E-state index is 0.956. The van der Waals surface area contributed by atoms with Crippen molar-refractivity contribution in [1.29, 1.82) is 0 Å². The summed E-state index contributed by atoms with van der Waals surface area (Å²) in [6.45, 7) is 7.31. The van der Waals surface area contributed by atoms with E-state index in [1.807, 2.05) is 18.7 Å². The molecule has 0 aromatic carbocycles. The highest BCUT2D eigenvalue weighted by Crippen LogP contribution is 2.17. The quantitative estimate of drug-likeness (QED) is 0.736. The Hall–Kier alpha value is -0.710. The molecule has 2 heterocycles. The Morgan fingerprint density at radius 2 is 2.00 bits per heavy atom. The first-order chi connectivity index (χ1) is 6.83. The van der Waals surface area contributed by atoms with Gasteiger partial charge in [-0.1, -0.05) is 0 Å². The smallest absolute Gasteiger partial charge is 0.227 e. The van der Waals surface area contributed by atoms with Crippen molar-refractivity contribution < 1.29 is 0 Å². The van der Waals surface area contributed by atoms with Crippen LogP contribution in [0.1, 0.15) is 12.7 Å². The van der Waals surface area contributed by atoms with Crippen LogP contribution in [0.5, 0.6) is 0 Å². The van der Waals surface area contributed by atoms with Gasteiger partial charge in [-0.15, -0.1) is 10.2 Å². The van der Waals surface area contributed by atoms with Crippen LogP contribution in [0, 0.1) is 6.92 Å². The maximum absolute atomic E-state index is 4.24. The van der Waals surface area contributed by atoms with Crippen LogP contribution < -0.4 is 4.90 Å². The SMILES string of the molecule is CCn1c(C)nnc1N1CCSCC1. The third kappa shape index (κ3) is 1.73. The summed E-state index contributed by atoms with van der Waals surface area (Å²) in [7, 11) is 0. The van der Waals surface area contributed by atoms with Gasteiger partial charge in [-0.3, -0.25) is 4.57 Å². The molecule has 0 unspecified atom stereocenters. The zero-order valence-electron chi connectivity index (χ0n) is 8.73. The van der Waals surface area contributed by atoms with Crippen LogP contribution in [0.3, 0.4) is 0 Å². The van der Waals surface area contributed by atoms with Gasteiger partial charge in [0, 0.05) is 31.1 Å². The first kappa shape index (κ1) is 9.83. The minimum Gasteiger partial charge on any atom is -0.339 e. The van der Waals surface area contributed by atoms with Gasteiger partial charge in [-0.25, -0.2) is 0 Å². The maximum atomic E-state index is 4.24. The fraction of sp³-hybridized carbons (Fsp3) is 0.778. The van der Waals surface area contributed by atoms with Crippen molar-refractivity contribution in [2.45, 2.75) is 20.4 Å². The second-order valence-corrected chi connectivity index (χ2v) is 4.62. The van der Waals surface area contributed by atoms with Gasteiger partial charge in [0.25, 0.3) is 0 Å². The highest BCUT2D eigenvalue weighted by atomic mass is 32.2. The van der Waals surface area contributed by atoms with E-state index in [9.17, 15) is 0 Å². The lowest BCUT2D eigenvalue weighted by Crippen LogP contribution is -2.34. The van der Waals surface area contributed by atoms with Crippen molar-refractivity contribution in [3.8, 4) is 0 Å². The third-order valence-corrected chi connectivity index (χ3v) is 3.47. The van der Waals surface area contributed by atoms with Crippen molar-refractivity contribution in [1.82, 2.24) is 14.8 Å². The van der Waals surface area contributed by atoms with E-state index in [-0.39, 0.29) is 0 Å². The van der Waals surface area contributed by atoms with Gasteiger partial charge < -0.3 is 4.90 Å². The zero-order chi connectivity index (χ0) is 9.97. The molecule has 1 aliphatic rings. The summed E-state index contributed by atoms with van der Waals surface area (Å²) in [6, 6.07) is 0. The van der Waals surface area contributed by atoms with Crippen molar-refractivity contribution in [2.24, 2.45) is 0 Å². The molecule has 0 radical (unpaired) electrons. The molecule has 2 rings (SSSR count).